The molecule has 1 aromatic rings. The van der Waals surface area contributed by atoms with Crippen LogP contribution < -0.4 is 10.1 Å². The van der Waals surface area contributed by atoms with Gasteiger partial charge in [0, 0.05) is 18.2 Å². The zero-order valence-electron chi connectivity index (χ0n) is 10.9. The van der Waals surface area contributed by atoms with Gasteiger partial charge in [0.15, 0.2) is 0 Å². The van der Waals surface area contributed by atoms with Crippen molar-refractivity contribution in [2.24, 2.45) is 0 Å². The van der Waals surface area contributed by atoms with E-state index in [1.807, 2.05) is 18.2 Å². The number of hydrogen-bond acceptors (Lipinski definition) is 3. The summed E-state index contributed by atoms with van der Waals surface area (Å²) in [5, 5.41) is 13.1. The standard InChI is InChI=1S/C15H19NO3/c17-14-6-4-11-3-5-12(9-13(11)16-14)19-10-15(18)7-1-2-8-15/h3,5,9,18H,1-2,4,6-8,10H2,(H,16,17). The first-order valence-corrected chi connectivity index (χ1v) is 6.93. The van der Waals surface area contributed by atoms with E-state index in [-0.39, 0.29) is 5.91 Å². The molecule has 1 fully saturated rings. The van der Waals surface area contributed by atoms with Crippen LogP contribution in [-0.4, -0.2) is 23.2 Å². The van der Waals surface area contributed by atoms with Gasteiger partial charge in [0.2, 0.25) is 5.91 Å². The number of fused-ring (bicyclic) bond motifs is 1. The van der Waals surface area contributed by atoms with Gasteiger partial charge in [-0.3, -0.25) is 4.79 Å². The van der Waals surface area contributed by atoms with Crippen LogP contribution in [0.2, 0.25) is 0 Å². The van der Waals surface area contributed by atoms with Crippen molar-refractivity contribution in [1.29, 1.82) is 0 Å². The Morgan fingerprint density at radius 2 is 2.05 bits per heavy atom. The third kappa shape index (κ3) is 2.73. The number of aliphatic hydroxyl groups is 1. The third-order valence-electron chi connectivity index (χ3n) is 4.02. The molecular formula is C15H19NO3. The van der Waals surface area contributed by atoms with E-state index in [1.165, 1.54) is 0 Å². The largest absolute Gasteiger partial charge is 0.491 e. The molecule has 0 aromatic heterocycles. The van der Waals surface area contributed by atoms with Crippen LogP contribution in [-0.2, 0) is 11.2 Å². The molecule has 1 aromatic carbocycles. The predicted molar refractivity (Wildman–Crippen MR) is 72.3 cm³/mol. The Bertz CT molecular complexity index is 492. The highest BCUT2D eigenvalue weighted by Crippen LogP contribution is 2.31. The minimum absolute atomic E-state index is 0.0547. The first-order valence-electron chi connectivity index (χ1n) is 6.93. The van der Waals surface area contributed by atoms with Gasteiger partial charge in [-0.1, -0.05) is 18.9 Å². The van der Waals surface area contributed by atoms with Gasteiger partial charge in [0.05, 0.1) is 5.60 Å². The minimum Gasteiger partial charge on any atom is -0.491 e. The molecule has 0 bridgehead atoms. The van der Waals surface area contributed by atoms with Crippen molar-refractivity contribution in [1.82, 2.24) is 0 Å². The number of benzene rings is 1. The summed E-state index contributed by atoms with van der Waals surface area (Å²) in [5.41, 5.74) is 1.32. The van der Waals surface area contributed by atoms with E-state index in [0.717, 1.165) is 43.4 Å². The zero-order chi connectivity index (χ0) is 13.3. The van der Waals surface area contributed by atoms with E-state index >= 15 is 0 Å². The summed E-state index contributed by atoms with van der Waals surface area (Å²) in [6.45, 7) is 0.333. The monoisotopic (exact) mass is 261 g/mol. The lowest BCUT2D eigenvalue weighted by Gasteiger charge is -2.23. The molecule has 1 amide bonds. The number of anilines is 1. The van der Waals surface area contributed by atoms with E-state index in [4.69, 9.17) is 4.74 Å². The van der Waals surface area contributed by atoms with Gasteiger partial charge in [-0.05, 0) is 30.9 Å². The molecule has 102 valence electrons. The Labute approximate surface area is 112 Å². The number of nitrogens with one attached hydrogen (secondary N) is 1. The molecule has 1 aliphatic heterocycles. The van der Waals surface area contributed by atoms with Gasteiger partial charge >= 0.3 is 0 Å². The van der Waals surface area contributed by atoms with Gasteiger partial charge in [-0.25, -0.2) is 0 Å². The molecular weight excluding hydrogens is 242 g/mol. The van der Waals surface area contributed by atoms with Gasteiger partial charge < -0.3 is 15.2 Å². The minimum atomic E-state index is -0.668. The third-order valence-corrected chi connectivity index (χ3v) is 4.02. The average molecular weight is 261 g/mol. The summed E-state index contributed by atoms with van der Waals surface area (Å²) in [4.78, 5) is 11.4. The second-order valence-corrected chi connectivity index (χ2v) is 5.59. The first kappa shape index (κ1) is 12.5. The van der Waals surface area contributed by atoms with Gasteiger partial charge in [0.25, 0.3) is 0 Å². The Hall–Kier alpha value is -1.55. The summed E-state index contributed by atoms with van der Waals surface area (Å²) in [6.07, 6.45) is 5.10. The fourth-order valence-corrected chi connectivity index (χ4v) is 2.84. The summed E-state index contributed by atoms with van der Waals surface area (Å²) in [6, 6.07) is 5.75. The normalized spacial score (nSPS) is 20.8. The lowest BCUT2D eigenvalue weighted by Crippen LogP contribution is -2.32. The number of amides is 1. The van der Waals surface area contributed by atoms with Crippen LogP contribution in [0, 0.1) is 0 Å². The summed E-state index contributed by atoms with van der Waals surface area (Å²) < 4.78 is 5.69. The molecule has 4 nitrogen and oxygen atoms in total. The summed E-state index contributed by atoms with van der Waals surface area (Å²) in [5.74, 6) is 0.764. The Morgan fingerprint density at radius 3 is 2.84 bits per heavy atom. The molecule has 0 unspecified atom stereocenters. The maximum atomic E-state index is 11.4. The lowest BCUT2D eigenvalue weighted by atomic mass is 10.0. The topological polar surface area (TPSA) is 58.6 Å². The van der Waals surface area contributed by atoms with E-state index in [9.17, 15) is 9.90 Å². The van der Waals surface area contributed by atoms with Crippen molar-refractivity contribution in [3.8, 4) is 5.75 Å². The van der Waals surface area contributed by atoms with Crippen molar-refractivity contribution in [2.45, 2.75) is 44.1 Å². The molecule has 1 heterocycles. The molecule has 2 aliphatic rings. The van der Waals surface area contributed by atoms with Gasteiger partial charge in [-0.2, -0.15) is 0 Å². The Morgan fingerprint density at radius 1 is 1.26 bits per heavy atom. The highest BCUT2D eigenvalue weighted by molar-refractivity contribution is 5.94. The van der Waals surface area contributed by atoms with Crippen LogP contribution in [0.4, 0.5) is 5.69 Å². The molecule has 1 saturated carbocycles. The maximum Gasteiger partial charge on any atom is 0.224 e. The zero-order valence-corrected chi connectivity index (χ0v) is 10.9. The van der Waals surface area contributed by atoms with Crippen LogP contribution in [0.25, 0.3) is 0 Å². The molecule has 4 heteroatoms. The fraction of sp³-hybridized carbons (Fsp3) is 0.533. The van der Waals surface area contributed by atoms with E-state index in [0.29, 0.717) is 18.8 Å². The van der Waals surface area contributed by atoms with E-state index in [2.05, 4.69) is 5.32 Å². The molecule has 1 aliphatic carbocycles. The molecule has 0 radical (unpaired) electrons. The second-order valence-electron chi connectivity index (χ2n) is 5.59. The highest BCUT2D eigenvalue weighted by atomic mass is 16.5. The molecule has 2 N–H and O–H groups in total. The van der Waals surface area contributed by atoms with E-state index < -0.39 is 5.60 Å². The SMILES string of the molecule is O=C1CCc2ccc(OCC3(O)CCCC3)cc2N1. The fourth-order valence-electron chi connectivity index (χ4n) is 2.84. The predicted octanol–water partition coefficient (Wildman–Crippen LogP) is 2.26. The van der Waals surface area contributed by atoms with Gasteiger partial charge in [0.1, 0.15) is 12.4 Å². The number of hydrogen-bond donors (Lipinski definition) is 2. The molecule has 3 rings (SSSR count). The van der Waals surface area contributed by atoms with Crippen LogP contribution in [0.5, 0.6) is 5.75 Å². The number of aryl methyl sites for hydroxylation is 1. The first-order chi connectivity index (χ1) is 9.15. The summed E-state index contributed by atoms with van der Waals surface area (Å²) >= 11 is 0. The number of carbonyl (C=O) groups is 1. The van der Waals surface area contributed by atoms with Crippen LogP contribution in [0.15, 0.2) is 18.2 Å². The molecule has 0 saturated heterocycles. The average Bonchev–Trinajstić information content (AvgIpc) is 2.83. The highest BCUT2D eigenvalue weighted by Gasteiger charge is 2.32. The number of ether oxygens (including phenoxy) is 1. The molecule has 19 heavy (non-hydrogen) atoms. The smallest absolute Gasteiger partial charge is 0.224 e. The Kier molecular flexibility index (Phi) is 3.19. The second kappa shape index (κ2) is 4.85. The molecule has 0 spiro atoms. The Balaban J connectivity index is 1.68. The van der Waals surface area contributed by atoms with Crippen molar-refractivity contribution in [3.63, 3.8) is 0 Å². The number of rotatable bonds is 3. The van der Waals surface area contributed by atoms with Crippen molar-refractivity contribution in [2.75, 3.05) is 11.9 Å². The van der Waals surface area contributed by atoms with Gasteiger partial charge in [-0.15, -0.1) is 0 Å². The van der Waals surface area contributed by atoms with Crippen molar-refractivity contribution < 1.29 is 14.6 Å². The van der Waals surface area contributed by atoms with Crippen molar-refractivity contribution >= 4 is 11.6 Å². The quantitative estimate of drug-likeness (QED) is 0.877. The van der Waals surface area contributed by atoms with E-state index in [1.54, 1.807) is 0 Å². The van der Waals surface area contributed by atoms with Crippen molar-refractivity contribution in [3.05, 3.63) is 23.8 Å². The van der Waals surface area contributed by atoms with Crippen LogP contribution in [0.1, 0.15) is 37.7 Å². The molecule has 0 atom stereocenters. The summed E-state index contributed by atoms with van der Waals surface area (Å²) in [7, 11) is 0. The van der Waals surface area contributed by atoms with Crippen LogP contribution >= 0.6 is 0 Å². The lowest BCUT2D eigenvalue weighted by molar-refractivity contribution is -0.116. The number of carbonyl (C=O) groups excluding carboxylic acids is 1. The maximum absolute atomic E-state index is 11.4. The van der Waals surface area contributed by atoms with Crippen LogP contribution in [0.3, 0.4) is 0 Å².